The summed E-state index contributed by atoms with van der Waals surface area (Å²) in [5.41, 5.74) is 2.45. The Kier molecular flexibility index (Phi) is 5.62. The minimum atomic E-state index is -0.294. The van der Waals surface area contributed by atoms with Gasteiger partial charge in [-0.25, -0.2) is 14.4 Å². The Morgan fingerprint density at radius 1 is 1.21 bits per heavy atom. The van der Waals surface area contributed by atoms with Crippen LogP contribution >= 0.6 is 11.3 Å². The molecule has 1 aliphatic heterocycles. The second kappa shape index (κ2) is 8.48. The van der Waals surface area contributed by atoms with Crippen molar-refractivity contribution in [3.8, 4) is 10.6 Å². The van der Waals surface area contributed by atoms with Gasteiger partial charge < -0.3 is 10.2 Å². The number of carbonyl (C=O) groups excluding carboxylic acids is 1. The van der Waals surface area contributed by atoms with E-state index in [0.29, 0.717) is 17.2 Å². The van der Waals surface area contributed by atoms with Gasteiger partial charge in [0, 0.05) is 36.8 Å². The van der Waals surface area contributed by atoms with Crippen molar-refractivity contribution in [2.45, 2.75) is 25.8 Å². The number of aromatic nitrogens is 2. The predicted molar refractivity (Wildman–Crippen MR) is 109 cm³/mol. The van der Waals surface area contributed by atoms with E-state index in [1.165, 1.54) is 36.3 Å². The number of nitrogens with one attached hydrogen (secondary N) is 1. The molecule has 3 heterocycles. The first-order chi connectivity index (χ1) is 13.7. The summed E-state index contributed by atoms with van der Waals surface area (Å²) in [4.78, 5) is 23.5. The fraction of sp³-hybridized carbons (Fsp3) is 0.286. The number of halogens is 1. The van der Waals surface area contributed by atoms with E-state index >= 15 is 0 Å². The molecule has 5 nitrogen and oxygen atoms in total. The second-order valence-corrected chi connectivity index (χ2v) is 7.68. The van der Waals surface area contributed by atoms with E-state index in [0.717, 1.165) is 30.0 Å². The number of amides is 1. The molecule has 0 aliphatic carbocycles. The first-order valence-electron chi connectivity index (χ1n) is 9.34. The topological polar surface area (TPSA) is 58.1 Å². The lowest BCUT2D eigenvalue weighted by Crippen LogP contribution is -2.25. The van der Waals surface area contributed by atoms with Crippen LogP contribution in [0.2, 0.25) is 0 Å². The van der Waals surface area contributed by atoms with Crippen LogP contribution in [0.1, 0.15) is 24.1 Å². The number of anilines is 1. The number of thiazole rings is 1. The molecule has 1 aromatic carbocycles. The van der Waals surface area contributed by atoms with Crippen LogP contribution in [-0.2, 0) is 17.8 Å². The number of hydrogen-bond acceptors (Lipinski definition) is 5. The molecule has 0 radical (unpaired) electrons. The number of benzene rings is 1. The van der Waals surface area contributed by atoms with Gasteiger partial charge in [-0.2, -0.15) is 0 Å². The fourth-order valence-corrected chi connectivity index (χ4v) is 4.08. The molecule has 7 heteroatoms. The van der Waals surface area contributed by atoms with E-state index in [4.69, 9.17) is 0 Å². The Bertz CT molecular complexity index is 968. The van der Waals surface area contributed by atoms with Crippen molar-refractivity contribution in [2.24, 2.45) is 0 Å². The van der Waals surface area contributed by atoms with Crippen LogP contribution in [0.3, 0.4) is 0 Å². The largest absolute Gasteiger partial charge is 0.357 e. The van der Waals surface area contributed by atoms with Crippen LogP contribution in [0.4, 0.5) is 10.2 Å². The zero-order valence-corrected chi connectivity index (χ0v) is 16.2. The van der Waals surface area contributed by atoms with Gasteiger partial charge in [-0.1, -0.05) is 12.1 Å². The fourth-order valence-electron chi connectivity index (χ4n) is 3.26. The standard InChI is InChI=1S/C21H21FN4OS/c22-17-5-3-4-16(11-17)21-25-18(14-28-21)12-20(27)24-13-15-6-7-23-19(10-15)26-8-1-2-9-26/h3-7,10-11,14H,1-2,8-9,12-13H2,(H,24,27). The molecule has 0 spiro atoms. The molecule has 1 fully saturated rings. The monoisotopic (exact) mass is 396 g/mol. The number of carbonyl (C=O) groups is 1. The summed E-state index contributed by atoms with van der Waals surface area (Å²) >= 11 is 1.41. The number of hydrogen-bond donors (Lipinski definition) is 1. The number of pyridine rings is 1. The first-order valence-corrected chi connectivity index (χ1v) is 10.2. The van der Waals surface area contributed by atoms with Crippen LogP contribution in [-0.4, -0.2) is 29.0 Å². The van der Waals surface area contributed by atoms with Crippen LogP contribution in [0.5, 0.6) is 0 Å². The lowest BCUT2D eigenvalue weighted by atomic mass is 10.2. The Morgan fingerprint density at radius 2 is 2.07 bits per heavy atom. The summed E-state index contributed by atoms with van der Waals surface area (Å²) in [5, 5.41) is 5.50. The maximum atomic E-state index is 13.4. The lowest BCUT2D eigenvalue weighted by molar-refractivity contribution is -0.120. The Balaban J connectivity index is 1.33. The van der Waals surface area contributed by atoms with Gasteiger partial charge in [-0.3, -0.25) is 4.79 Å². The Labute approximate surface area is 167 Å². The molecule has 0 unspecified atom stereocenters. The van der Waals surface area contributed by atoms with Crippen molar-refractivity contribution in [1.29, 1.82) is 0 Å². The molecule has 28 heavy (non-hydrogen) atoms. The highest BCUT2D eigenvalue weighted by Gasteiger charge is 2.14. The molecule has 1 saturated heterocycles. The molecule has 1 amide bonds. The quantitative estimate of drug-likeness (QED) is 0.689. The van der Waals surface area contributed by atoms with E-state index in [1.807, 2.05) is 23.6 Å². The molecule has 3 aromatic rings. The van der Waals surface area contributed by atoms with Crippen molar-refractivity contribution in [2.75, 3.05) is 18.0 Å². The third kappa shape index (κ3) is 4.54. The van der Waals surface area contributed by atoms with Crippen LogP contribution < -0.4 is 10.2 Å². The molecular weight excluding hydrogens is 375 g/mol. The van der Waals surface area contributed by atoms with Gasteiger partial charge in [0.15, 0.2) is 0 Å². The highest BCUT2D eigenvalue weighted by Crippen LogP contribution is 2.24. The predicted octanol–water partition coefficient (Wildman–Crippen LogP) is 3.80. The zero-order valence-electron chi connectivity index (χ0n) is 15.4. The van der Waals surface area contributed by atoms with Crippen LogP contribution in [0, 0.1) is 5.82 Å². The molecule has 1 aliphatic rings. The molecule has 2 aromatic heterocycles. The van der Waals surface area contributed by atoms with Crippen LogP contribution in [0.15, 0.2) is 48.0 Å². The summed E-state index contributed by atoms with van der Waals surface area (Å²) in [6.07, 6.45) is 4.40. The average molecular weight is 396 g/mol. The summed E-state index contributed by atoms with van der Waals surface area (Å²) in [5.74, 6) is 0.594. The summed E-state index contributed by atoms with van der Waals surface area (Å²) in [6.45, 7) is 2.55. The van der Waals surface area contributed by atoms with Crippen molar-refractivity contribution in [1.82, 2.24) is 15.3 Å². The Hall–Kier alpha value is -2.80. The van der Waals surface area contributed by atoms with E-state index in [9.17, 15) is 9.18 Å². The van der Waals surface area contributed by atoms with E-state index in [1.54, 1.807) is 12.3 Å². The minimum absolute atomic E-state index is 0.0874. The Morgan fingerprint density at radius 3 is 2.89 bits per heavy atom. The van der Waals surface area contributed by atoms with Gasteiger partial charge >= 0.3 is 0 Å². The third-order valence-electron chi connectivity index (χ3n) is 4.69. The van der Waals surface area contributed by atoms with Crippen molar-refractivity contribution in [3.05, 3.63) is 65.0 Å². The van der Waals surface area contributed by atoms with Crippen molar-refractivity contribution in [3.63, 3.8) is 0 Å². The van der Waals surface area contributed by atoms with E-state index in [-0.39, 0.29) is 18.1 Å². The lowest BCUT2D eigenvalue weighted by Gasteiger charge is -2.16. The van der Waals surface area contributed by atoms with Crippen molar-refractivity contribution < 1.29 is 9.18 Å². The second-order valence-electron chi connectivity index (χ2n) is 6.82. The van der Waals surface area contributed by atoms with Gasteiger partial charge in [0.25, 0.3) is 0 Å². The molecule has 144 valence electrons. The van der Waals surface area contributed by atoms with Gasteiger partial charge in [0.1, 0.15) is 16.6 Å². The highest BCUT2D eigenvalue weighted by atomic mass is 32.1. The molecule has 1 N–H and O–H groups in total. The van der Waals surface area contributed by atoms with Gasteiger partial charge in [-0.15, -0.1) is 11.3 Å². The molecule has 0 bridgehead atoms. The van der Waals surface area contributed by atoms with E-state index < -0.39 is 0 Å². The number of nitrogens with zero attached hydrogens (tertiary/aromatic N) is 3. The summed E-state index contributed by atoms with van der Waals surface area (Å²) < 4.78 is 13.4. The van der Waals surface area contributed by atoms with Crippen LogP contribution in [0.25, 0.3) is 10.6 Å². The molecule has 0 atom stereocenters. The van der Waals surface area contributed by atoms with E-state index in [2.05, 4.69) is 20.2 Å². The normalized spacial score (nSPS) is 13.7. The smallest absolute Gasteiger partial charge is 0.226 e. The first kappa shape index (κ1) is 18.6. The third-order valence-corrected chi connectivity index (χ3v) is 5.63. The van der Waals surface area contributed by atoms with Gasteiger partial charge in [-0.05, 0) is 42.7 Å². The molecular formula is C21H21FN4OS. The summed E-state index contributed by atoms with van der Waals surface area (Å²) in [6, 6.07) is 10.3. The van der Waals surface area contributed by atoms with Crippen molar-refractivity contribution >= 4 is 23.1 Å². The minimum Gasteiger partial charge on any atom is -0.357 e. The molecule has 4 rings (SSSR count). The zero-order chi connectivity index (χ0) is 19.3. The maximum absolute atomic E-state index is 13.4. The highest BCUT2D eigenvalue weighted by molar-refractivity contribution is 7.13. The SMILES string of the molecule is O=C(Cc1csc(-c2cccc(F)c2)n1)NCc1ccnc(N2CCCC2)c1. The average Bonchev–Trinajstić information content (AvgIpc) is 3.39. The maximum Gasteiger partial charge on any atom is 0.226 e. The van der Waals surface area contributed by atoms with Gasteiger partial charge in [0.05, 0.1) is 12.1 Å². The number of rotatable bonds is 6. The van der Waals surface area contributed by atoms with Gasteiger partial charge in [0.2, 0.25) is 5.91 Å². The molecule has 0 saturated carbocycles. The summed E-state index contributed by atoms with van der Waals surface area (Å²) in [7, 11) is 0.